The Bertz CT molecular complexity index is 479. The van der Waals surface area contributed by atoms with Crippen LogP contribution in [0.1, 0.15) is 23.7 Å². The number of amides is 1. The minimum absolute atomic E-state index is 0.0987. The number of hydrogen-bond donors (Lipinski definition) is 3. The van der Waals surface area contributed by atoms with Crippen LogP contribution in [-0.2, 0) is 0 Å². The minimum atomic E-state index is -0.599. The van der Waals surface area contributed by atoms with E-state index in [2.05, 4.69) is 26.4 Å². The summed E-state index contributed by atoms with van der Waals surface area (Å²) in [4.78, 5) is 11.9. The third-order valence-corrected chi connectivity index (χ3v) is 3.05. The zero-order chi connectivity index (χ0) is 13.7. The number of carbonyl (C=O) groups is 1. The van der Waals surface area contributed by atoms with Crippen molar-refractivity contribution in [1.29, 1.82) is 0 Å². The van der Waals surface area contributed by atoms with Gasteiger partial charge in [0, 0.05) is 4.47 Å². The summed E-state index contributed by atoms with van der Waals surface area (Å²) in [6.07, 6.45) is 0.453. The maximum atomic E-state index is 13.1. The summed E-state index contributed by atoms with van der Waals surface area (Å²) in [5.41, 5.74) is 5.57. The van der Waals surface area contributed by atoms with Crippen LogP contribution in [0.15, 0.2) is 27.8 Å². The van der Waals surface area contributed by atoms with Crippen molar-refractivity contribution in [3.05, 3.63) is 34.1 Å². The molecular formula is C11H13BrFN3O2. The number of hydrogen-bond acceptors (Lipinski definition) is 3. The first kappa shape index (κ1) is 14.4. The first-order valence-corrected chi connectivity index (χ1v) is 6.02. The number of nitrogens with one attached hydrogen (secondary N) is 1. The lowest BCUT2D eigenvalue weighted by atomic mass is 10.1. The lowest BCUT2D eigenvalue weighted by Gasteiger charge is -2.15. The molecule has 7 heteroatoms. The van der Waals surface area contributed by atoms with Crippen molar-refractivity contribution in [2.24, 2.45) is 10.9 Å². The predicted octanol–water partition coefficient (Wildman–Crippen LogP) is 1.84. The van der Waals surface area contributed by atoms with Crippen LogP contribution in [0.5, 0.6) is 0 Å². The van der Waals surface area contributed by atoms with E-state index >= 15 is 0 Å². The van der Waals surface area contributed by atoms with Gasteiger partial charge in [-0.25, -0.2) is 4.39 Å². The monoisotopic (exact) mass is 317 g/mol. The molecule has 5 nitrogen and oxygen atoms in total. The molecule has 18 heavy (non-hydrogen) atoms. The fourth-order valence-electron chi connectivity index (χ4n) is 1.36. The zero-order valence-electron chi connectivity index (χ0n) is 9.65. The van der Waals surface area contributed by atoms with Crippen molar-refractivity contribution in [2.75, 3.05) is 0 Å². The molecule has 1 aromatic carbocycles. The number of amidine groups is 1. The first-order valence-electron chi connectivity index (χ1n) is 5.23. The molecule has 0 fully saturated rings. The lowest BCUT2D eigenvalue weighted by molar-refractivity contribution is 0.0944. The summed E-state index contributed by atoms with van der Waals surface area (Å²) < 4.78 is 13.5. The summed E-state index contributed by atoms with van der Waals surface area (Å²) in [6, 6.07) is 3.19. The standard InChI is InChI=1S/C11H13BrFN3O2/c1-2-9(10(14)16-18)15-11(17)7-5-6(13)3-4-8(7)12/h3-5,9,18H,2H2,1H3,(H2,14,16)(H,15,17). The smallest absolute Gasteiger partial charge is 0.253 e. The highest BCUT2D eigenvalue weighted by atomic mass is 79.9. The van der Waals surface area contributed by atoms with Gasteiger partial charge in [-0.05, 0) is 40.5 Å². The quantitative estimate of drug-likeness (QED) is 0.343. The van der Waals surface area contributed by atoms with Crippen LogP contribution in [0.2, 0.25) is 0 Å². The summed E-state index contributed by atoms with van der Waals surface area (Å²) in [5, 5.41) is 14.0. The van der Waals surface area contributed by atoms with E-state index in [1.165, 1.54) is 12.1 Å². The Hall–Kier alpha value is -1.63. The van der Waals surface area contributed by atoms with Crippen LogP contribution in [-0.4, -0.2) is 23.0 Å². The molecular weight excluding hydrogens is 305 g/mol. The molecule has 0 aliphatic heterocycles. The van der Waals surface area contributed by atoms with E-state index in [1.807, 2.05) is 0 Å². The number of nitrogens with two attached hydrogens (primary N) is 1. The maximum absolute atomic E-state index is 13.1. The van der Waals surface area contributed by atoms with Gasteiger partial charge in [0.1, 0.15) is 5.82 Å². The highest BCUT2D eigenvalue weighted by Crippen LogP contribution is 2.17. The van der Waals surface area contributed by atoms with E-state index in [0.717, 1.165) is 6.07 Å². The molecule has 0 saturated heterocycles. The van der Waals surface area contributed by atoms with Crippen LogP contribution in [0, 0.1) is 5.82 Å². The van der Waals surface area contributed by atoms with Gasteiger partial charge >= 0.3 is 0 Å². The zero-order valence-corrected chi connectivity index (χ0v) is 11.2. The van der Waals surface area contributed by atoms with Crippen molar-refractivity contribution < 1.29 is 14.4 Å². The topological polar surface area (TPSA) is 87.7 Å². The molecule has 1 aromatic rings. The number of halogens is 2. The molecule has 1 unspecified atom stereocenters. The molecule has 0 radical (unpaired) electrons. The van der Waals surface area contributed by atoms with Crippen LogP contribution in [0.3, 0.4) is 0 Å². The Kier molecular flexibility index (Phi) is 5.08. The summed E-state index contributed by atoms with van der Waals surface area (Å²) in [7, 11) is 0. The Balaban J connectivity index is 2.91. The molecule has 1 rings (SSSR count). The summed E-state index contributed by atoms with van der Waals surface area (Å²) >= 11 is 3.16. The second-order valence-electron chi connectivity index (χ2n) is 3.58. The van der Waals surface area contributed by atoms with Gasteiger partial charge < -0.3 is 16.3 Å². The minimum Gasteiger partial charge on any atom is -0.409 e. The second-order valence-corrected chi connectivity index (χ2v) is 4.44. The van der Waals surface area contributed by atoms with Crippen LogP contribution < -0.4 is 11.1 Å². The molecule has 0 bridgehead atoms. The first-order chi connectivity index (χ1) is 8.49. The van der Waals surface area contributed by atoms with Crippen LogP contribution >= 0.6 is 15.9 Å². The van der Waals surface area contributed by atoms with Crippen LogP contribution in [0.25, 0.3) is 0 Å². The van der Waals surface area contributed by atoms with Crippen LogP contribution in [0.4, 0.5) is 4.39 Å². The van der Waals surface area contributed by atoms with Gasteiger partial charge in [-0.1, -0.05) is 12.1 Å². The maximum Gasteiger partial charge on any atom is 0.253 e. The fraction of sp³-hybridized carbons (Fsp3) is 0.273. The molecule has 0 aliphatic rings. The largest absolute Gasteiger partial charge is 0.409 e. The Labute approximate surface area is 112 Å². The summed E-state index contributed by atoms with van der Waals surface area (Å²) in [5.74, 6) is -1.11. The average molecular weight is 318 g/mol. The van der Waals surface area contributed by atoms with Crippen molar-refractivity contribution >= 4 is 27.7 Å². The number of oxime groups is 1. The van der Waals surface area contributed by atoms with Crippen molar-refractivity contribution in [3.8, 4) is 0 Å². The molecule has 0 aromatic heterocycles. The molecule has 4 N–H and O–H groups in total. The van der Waals surface area contributed by atoms with Gasteiger partial charge in [0.05, 0.1) is 11.6 Å². The van der Waals surface area contributed by atoms with E-state index in [-0.39, 0.29) is 11.4 Å². The van der Waals surface area contributed by atoms with E-state index in [1.54, 1.807) is 6.92 Å². The molecule has 0 aliphatic carbocycles. The van der Waals surface area contributed by atoms with E-state index in [0.29, 0.717) is 10.9 Å². The molecule has 0 spiro atoms. The van der Waals surface area contributed by atoms with Crippen molar-refractivity contribution in [1.82, 2.24) is 5.32 Å². The van der Waals surface area contributed by atoms with Gasteiger partial charge in [0.2, 0.25) is 0 Å². The molecule has 1 atom stereocenters. The predicted molar refractivity (Wildman–Crippen MR) is 69.1 cm³/mol. The molecule has 0 saturated carbocycles. The number of nitrogens with zero attached hydrogens (tertiary/aromatic N) is 1. The fourth-order valence-corrected chi connectivity index (χ4v) is 1.79. The van der Waals surface area contributed by atoms with E-state index in [4.69, 9.17) is 10.9 Å². The van der Waals surface area contributed by atoms with Gasteiger partial charge in [-0.2, -0.15) is 0 Å². The normalized spacial score (nSPS) is 13.2. The second kappa shape index (κ2) is 6.34. The third-order valence-electron chi connectivity index (χ3n) is 2.36. The summed E-state index contributed by atoms with van der Waals surface area (Å²) in [6.45, 7) is 1.77. The number of benzene rings is 1. The Morgan fingerprint density at radius 3 is 2.89 bits per heavy atom. The van der Waals surface area contributed by atoms with Crippen molar-refractivity contribution in [3.63, 3.8) is 0 Å². The highest BCUT2D eigenvalue weighted by molar-refractivity contribution is 9.10. The lowest BCUT2D eigenvalue weighted by Crippen LogP contribution is -2.44. The SMILES string of the molecule is CCC(NC(=O)c1cc(F)ccc1Br)/C(N)=N/O. The van der Waals surface area contributed by atoms with E-state index in [9.17, 15) is 9.18 Å². The van der Waals surface area contributed by atoms with Gasteiger partial charge in [-0.15, -0.1) is 0 Å². The molecule has 0 heterocycles. The van der Waals surface area contributed by atoms with Gasteiger partial charge in [0.25, 0.3) is 5.91 Å². The Morgan fingerprint density at radius 1 is 1.67 bits per heavy atom. The van der Waals surface area contributed by atoms with E-state index < -0.39 is 17.8 Å². The van der Waals surface area contributed by atoms with Gasteiger partial charge in [-0.3, -0.25) is 4.79 Å². The molecule has 1 amide bonds. The Morgan fingerprint density at radius 2 is 2.33 bits per heavy atom. The molecule has 98 valence electrons. The number of rotatable bonds is 4. The van der Waals surface area contributed by atoms with Gasteiger partial charge in [0.15, 0.2) is 5.84 Å². The van der Waals surface area contributed by atoms with Crippen molar-refractivity contribution in [2.45, 2.75) is 19.4 Å². The highest BCUT2D eigenvalue weighted by Gasteiger charge is 2.18. The number of carbonyl (C=O) groups excluding carboxylic acids is 1. The average Bonchev–Trinajstić information content (AvgIpc) is 2.37. The third kappa shape index (κ3) is 3.43.